The molecule has 0 amide bonds. The number of hydrogen-bond donors (Lipinski definition) is 1. The highest BCUT2D eigenvalue weighted by molar-refractivity contribution is 5.80. The minimum atomic E-state index is 0.574. The van der Waals surface area contributed by atoms with Crippen molar-refractivity contribution in [1.82, 2.24) is 10.2 Å². The van der Waals surface area contributed by atoms with Crippen LogP contribution < -0.4 is 5.32 Å². The van der Waals surface area contributed by atoms with Crippen LogP contribution in [-0.4, -0.2) is 57.9 Å². The first kappa shape index (κ1) is 16.8. The van der Waals surface area contributed by atoms with Crippen LogP contribution in [0, 0.1) is 5.92 Å². The first-order chi connectivity index (χ1) is 10.8. The van der Waals surface area contributed by atoms with E-state index >= 15 is 0 Å². The number of hydrogen-bond acceptors (Lipinski definition) is 3. The summed E-state index contributed by atoms with van der Waals surface area (Å²) in [6, 6.07) is 10.3. The lowest BCUT2D eigenvalue weighted by Crippen LogP contribution is -2.41. The van der Waals surface area contributed by atoms with Crippen molar-refractivity contribution in [2.45, 2.75) is 13.0 Å². The van der Waals surface area contributed by atoms with Crippen LogP contribution in [0.15, 0.2) is 35.3 Å². The van der Waals surface area contributed by atoms with E-state index in [1.807, 2.05) is 25.2 Å². The third kappa shape index (κ3) is 5.31. The normalized spacial score (nSPS) is 18.7. The van der Waals surface area contributed by atoms with E-state index in [1.165, 1.54) is 5.56 Å². The third-order valence-corrected chi connectivity index (χ3v) is 3.85. The molecule has 5 heteroatoms. The van der Waals surface area contributed by atoms with E-state index in [9.17, 15) is 0 Å². The molecule has 1 heterocycles. The van der Waals surface area contributed by atoms with E-state index < -0.39 is 0 Å². The van der Waals surface area contributed by atoms with Crippen molar-refractivity contribution in [3.05, 3.63) is 35.9 Å². The maximum absolute atomic E-state index is 5.86. The van der Waals surface area contributed by atoms with Crippen LogP contribution in [0.4, 0.5) is 0 Å². The molecule has 5 nitrogen and oxygen atoms in total. The molecular formula is C17H27N3O2. The standard InChI is InChI=1S/C17H27N3O2/c1-18-17(19-9-11-21-2)20-10-8-16(12-20)14-22-13-15-6-4-3-5-7-15/h3-7,16H,8-14H2,1-2H3,(H,18,19). The second kappa shape index (κ2) is 9.43. The smallest absolute Gasteiger partial charge is 0.193 e. The Hall–Kier alpha value is -1.59. The summed E-state index contributed by atoms with van der Waals surface area (Å²) in [7, 11) is 3.54. The zero-order chi connectivity index (χ0) is 15.6. The number of guanidine groups is 1. The molecule has 22 heavy (non-hydrogen) atoms. The molecule has 1 unspecified atom stereocenters. The van der Waals surface area contributed by atoms with E-state index in [2.05, 4.69) is 27.3 Å². The molecule has 1 N–H and O–H groups in total. The monoisotopic (exact) mass is 305 g/mol. The molecule has 1 aliphatic heterocycles. The summed E-state index contributed by atoms with van der Waals surface area (Å²) >= 11 is 0. The maximum atomic E-state index is 5.86. The van der Waals surface area contributed by atoms with Crippen LogP contribution in [0.25, 0.3) is 0 Å². The van der Waals surface area contributed by atoms with Crippen LogP contribution in [0.5, 0.6) is 0 Å². The van der Waals surface area contributed by atoms with Crippen molar-refractivity contribution >= 4 is 5.96 Å². The summed E-state index contributed by atoms with van der Waals surface area (Å²) in [6.07, 6.45) is 1.15. The van der Waals surface area contributed by atoms with E-state index in [0.29, 0.717) is 19.1 Å². The lowest BCUT2D eigenvalue weighted by atomic mass is 10.1. The summed E-state index contributed by atoms with van der Waals surface area (Å²) in [5.74, 6) is 1.53. The Balaban J connectivity index is 1.68. The van der Waals surface area contributed by atoms with Crippen LogP contribution in [0.2, 0.25) is 0 Å². The fourth-order valence-corrected chi connectivity index (χ4v) is 2.68. The van der Waals surface area contributed by atoms with Gasteiger partial charge in [-0.3, -0.25) is 4.99 Å². The van der Waals surface area contributed by atoms with E-state index in [4.69, 9.17) is 9.47 Å². The quantitative estimate of drug-likeness (QED) is 0.473. The Kier molecular flexibility index (Phi) is 7.19. The van der Waals surface area contributed by atoms with Gasteiger partial charge in [0.25, 0.3) is 0 Å². The molecule has 122 valence electrons. The predicted octanol–water partition coefficient (Wildman–Crippen LogP) is 1.75. The average molecular weight is 305 g/mol. The van der Waals surface area contributed by atoms with Gasteiger partial charge in [0.05, 0.1) is 19.8 Å². The zero-order valence-electron chi connectivity index (χ0n) is 13.6. The van der Waals surface area contributed by atoms with Crippen molar-refractivity contribution in [3.8, 4) is 0 Å². The number of nitrogens with zero attached hydrogens (tertiary/aromatic N) is 2. The number of nitrogens with one attached hydrogen (secondary N) is 1. The molecule has 0 radical (unpaired) electrons. The maximum Gasteiger partial charge on any atom is 0.193 e. The second-order valence-electron chi connectivity index (χ2n) is 5.57. The Morgan fingerprint density at radius 2 is 2.18 bits per heavy atom. The molecule has 0 bridgehead atoms. The zero-order valence-corrected chi connectivity index (χ0v) is 13.6. The van der Waals surface area contributed by atoms with Gasteiger partial charge in [0.2, 0.25) is 0 Å². The minimum Gasteiger partial charge on any atom is -0.383 e. The molecule has 0 saturated carbocycles. The van der Waals surface area contributed by atoms with Crippen LogP contribution in [0.3, 0.4) is 0 Å². The van der Waals surface area contributed by atoms with Gasteiger partial charge in [-0.15, -0.1) is 0 Å². The number of methoxy groups -OCH3 is 1. The van der Waals surface area contributed by atoms with E-state index in [0.717, 1.165) is 38.6 Å². The first-order valence-electron chi connectivity index (χ1n) is 7.89. The number of ether oxygens (including phenoxy) is 2. The second-order valence-corrected chi connectivity index (χ2v) is 5.57. The number of likely N-dealkylation sites (tertiary alicyclic amines) is 1. The molecule has 0 spiro atoms. The highest BCUT2D eigenvalue weighted by Crippen LogP contribution is 2.17. The van der Waals surface area contributed by atoms with Crippen LogP contribution in [0.1, 0.15) is 12.0 Å². The Morgan fingerprint density at radius 3 is 2.91 bits per heavy atom. The SMILES string of the molecule is CN=C(NCCOC)N1CCC(COCc2ccccc2)C1. The van der Waals surface area contributed by atoms with Crippen molar-refractivity contribution < 1.29 is 9.47 Å². The van der Waals surface area contributed by atoms with Crippen molar-refractivity contribution in [2.75, 3.05) is 47.0 Å². The molecule has 0 aliphatic carbocycles. The van der Waals surface area contributed by atoms with Crippen molar-refractivity contribution in [3.63, 3.8) is 0 Å². The lowest BCUT2D eigenvalue weighted by Gasteiger charge is -2.21. The van der Waals surface area contributed by atoms with Crippen LogP contribution >= 0.6 is 0 Å². The van der Waals surface area contributed by atoms with E-state index in [1.54, 1.807) is 7.11 Å². The largest absolute Gasteiger partial charge is 0.383 e. The van der Waals surface area contributed by atoms with Crippen molar-refractivity contribution in [1.29, 1.82) is 0 Å². The number of rotatable bonds is 7. The van der Waals surface area contributed by atoms with Gasteiger partial charge in [-0.1, -0.05) is 30.3 Å². The Labute approximate surface area is 133 Å². The predicted molar refractivity (Wildman–Crippen MR) is 89.0 cm³/mol. The first-order valence-corrected chi connectivity index (χ1v) is 7.89. The molecule has 1 aliphatic rings. The molecule has 1 atom stereocenters. The van der Waals surface area contributed by atoms with Gasteiger partial charge in [-0.25, -0.2) is 0 Å². The van der Waals surface area contributed by atoms with Gasteiger partial charge >= 0.3 is 0 Å². The van der Waals surface area contributed by atoms with Gasteiger partial charge in [-0.05, 0) is 12.0 Å². The topological polar surface area (TPSA) is 46.1 Å². The number of benzene rings is 1. The molecule has 2 rings (SSSR count). The molecule has 1 fully saturated rings. The Morgan fingerprint density at radius 1 is 1.36 bits per heavy atom. The Bertz CT molecular complexity index is 450. The van der Waals surface area contributed by atoms with Gasteiger partial charge in [0, 0.05) is 39.7 Å². The average Bonchev–Trinajstić information content (AvgIpc) is 3.01. The molecule has 1 aromatic carbocycles. The summed E-state index contributed by atoms with van der Waals surface area (Å²) in [5, 5.41) is 3.32. The van der Waals surface area contributed by atoms with Gasteiger partial charge in [0.15, 0.2) is 5.96 Å². The highest BCUT2D eigenvalue weighted by atomic mass is 16.5. The minimum absolute atomic E-state index is 0.574. The van der Waals surface area contributed by atoms with Gasteiger partial charge < -0.3 is 19.7 Å². The molecule has 0 aromatic heterocycles. The summed E-state index contributed by atoms with van der Waals surface area (Å²) in [6.45, 7) is 5.01. The summed E-state index contributed by atoms with van der Waals surface area (Å²) < 4.78 is 10.9. The molecule has 1 saturated heterocycles. The fourth-order valence-electron chi connectivity index (χ4n) is 2.68. The lowest BCUT2D eigenvalue weighted by molar-refractivity contribution is 0.0906. The third-order valence-electron chi connectivity index (χ3n) is 3.85. The fraction of sp³-hybridized carbons (Fsp3) is 0.588. The van der Waals surface area contributed by atoms with Gasteiger partial charge in [-0.2, -0.15) is 0 Å². The highest BCUT2D eigenvalue weighted by Gasteiger charge is 2.24. The summed E-state index contributed by atoms with van der Waals surface area (Å²) in [5.41, 5.74) is 1.23. The van der Waals surface area contributed by atoms with Crippen LogP contribution in [-0.2, 0) is 16.1 Å². The van der Waals surface area contributed by atoms with Gasteiger partial charge in [0.1, 0.15) is 0 Å². The number of aliphatic imine (C=N–C) groups is 1. The van der Waals surface area contributed by atoms with E-state index in [-0.39, 0.29) is 0 Å². The van der Waals surface area contributed by atoms with Crippen molar-refractivity contribution in [2.24, 2.45) is 10.9 Å². The molecule has 1 aromatic rings. The summed E-state index contributed by atoms with van der Waals surface area (Å²) in [4.78, 5) is 6.64. The molecular weight excluding hydrogens is 278 g/mol.